The number of carbonyl (C=O) groups is 1. The summed E-state index contributed by atoms with van der Waals surface area (Å²) in [6.45, 7) is 0. The first kappa shape index (κ1) is 15.4. The van der Waals surface area contributed by atoms with Crippen molar-refractivity contribution in [3.05, 3.63) is 50.0 Å². The summed E-state index contributed by atoms with van der Waals surface area (Å²) >= 11 is 24.0. The fourth-order valence-corrected chi connectivity index (χ4v) is 2.88. The summed E-state index contributed by atoms with van der Waals surface area (Å²) in [6, 6.07) is 4.63. The Bertz CT molecular complexity index is 665. The molecule has 0 atom stereocenters. The molecule has 0 bridgehead atoms. The van der Waals surface area contributed by atoms with Crippen LogP contribution in [-0.2, 0) is 11.2 Å². The summed E-state index contributed by atoms with van der Waals surface area (Å²) in [5.41, 5.74) is 1.37. The second kappa shape index (κ2) is 6.19. The van der Waals surface area contributed by atoms with Crippen LogP contribution in [0.4, 0.5) is 0 Å². The van der Waals surface area contributed by atoms with Gasteiger partial charge in [-0.2, -0.15) is 0 Å². The van der Waals surface area contributed by atoms with Crippen LogP contribution in [0.3, 0.4) is 0 Å². The molecule has 1 aromatic heterocycles. The topological polar surface area (TPSA) is 50.2 Å². The highest BCUT2D eigenvalue weighted by Crippen LogP contribution is 2.37. The van der Waals surface area contributed by atoms with Gasteiger partial charge in [-0.15, -0.1) is 0 Å². The van der Waals surface area contributed by atoms with Crippen LogP contribution in [0.1, 0.15) is 5.56 Å². The standard InChI is InChI=1S/C13H7Cl4NO2/c14-7-3-8(15)13(9(16)4-7)11-1-6(2-12(19)20)10(17)5-18-11/h1,3-5H,2H2,(H,19,20). The third-order valence-electron chi connectivity index (χ3n) is 2.54. The Hall–Kier alpha value is -1.000. The van der Waals surface area contributed by atoms with E-state index in [1.165, 1.54) is 18.3 Å². The zero-order chi connectivity index (χ0) is 14.9. The molecule has 0 unspecified atom stereocenters. The van der Waals surface area contributed by atoms with Crippen molar-refractivity contribution in [2.45, 2.75) is 6.42 Å². The van der Waals surface area contributed by atoms with Crippen molar-refractivity contribution in [3.8, 4) is 11.3 Å². The van der Waals surface area contributed by atoms with E-state index in [1.54, 1.807) is 6.07 Å². The van der Waals surface area contributed by atoms with Crippen LogP contribution in [0.25, 0.3) is 11.3 Å². The highest BCUT2D eigenvalue weighted by molar-refractivity contribution is 6.41. The molecular weight excluding hydrogens is 344 g/mol. The molecule has 0 aliphatic heterocycles. The summed E-state index contributed by atoms with van der Waals surface area (Å²) in [6.07, 6.45) is 1.16. The number of halogens is 4. The Labute approximate surface area is 135 Å². The maximum absolute atomic E-state index is 10.8. The van der Waals surface area contributed by atoms with Gasteiger partial charge in [-0.1, -0.05) is 46.4 Å². The van der Waals surface area contributed by atoms with Crippen LogP contribution < -0.4 is 0 Å². The molecule has 0 saturated carbocycles. The minimum absolute atomic E-state index is 0.211. The first-order chi connectivity index (χ1) is 9.38. The molecule has 3 nitrogen and oxygen atoms in total. The Morgan fingerprint density at radius 2 is 1.65 bits per heavy atom. The number of carboxylic acid groups (broad SMARTS) is 1. The SMILES string of the molecule is O=C(O)Cc1cc(-c2c(Cl)cc(Cl)cc2Cl)ncc1Cl. The van der Waals surface area contributed by atoms with E-state index in [0.29, 0.717) is 31.9 Å². The number of carboxylic acids is 1. The van der Waals surface area contributed by atoms with E-state index >= 15 is 0 Å². The van der Waals surface area contributed by atoms with E-state index in [0.717, 1.165) is 0 Å². The van der Waals surface area contributed by atoms with Gasteiger partial charge in [-0.3, -0.25) is 9.78 Å². The number of hydrogen-bond donors (Lipinski definition) is 1. The van der Waals surface area contributed by atoms with Crippen molar-refractivity contribution >= 4 is 52.4 Å². The average Bonchev–Trinajstić information content (AvgIpc) is 2.31. The molecule has 0 saturated heterocycles. The van der Waals surface area contributed by atoms with Crippen LogP contribution in [0.15, 0.2) is 24.4 Å². The van der Waals surface area contributed by atoms with Gasteiger partial charge in [0.05, 0.1) is 27.2 Å². The number of rotatable bonds is 3. The molecule has 20 heavy (non-hydrogen) atoms. The minimum atomic E-state index is -0.989. The fourth-order valence-electron chi connectivity index (χ4n) is 1.70. The molecule has 104 valence electrons. The first-order valence-electron chi connectivity index (χ1n) is 5.39. The van der Waals surface area contributed by atoms with Crippen molar-refractivity contribution in [1.82, 2.24) is 4.98 Å². The van der Waals surface area contributed by atoms with Crippen LogP contribution in [0.5, 0.6) is 0 Å². The third kappa shape index (κ3) is 3.36. The van der Waals surface area contributed by atoms with E-state index in [9.17, 15) is 4.79 Å². The molecule has 0 aliphatic carbocycles. The normalized spacial score (nSPS) is 10.6. The van der Waals surface area contributed by atoms with E-state index in [1.807, 2.05) is 0 Å². The monoisotopic (exact) mass is 349 g/mol. The predicted molar refractivity (Wildman–Crippen MR) is 81.1 cm³/mol. The summed E-state index contributed by atoms with van der Waals surface area (Å²) in [4.78, 5) is 14.9. The molecule has 1 N–H and O–H groups in total. The van der Waals surface area contributed by atoms with Crippen molar-refractivity contribution in [2.75, 3.05) is 0 Å². The maximum atomic E-state index is 10.8. The molecule has 2 rings (SSSR count). The zero-order valence-corrected chi connectivity index (χ0v) is 12.9. The van der Waals surface area contributed by atoms with Crippen molar-refractivity contribution in [3.63, 3.8) is 0 Å². The summed E-state index contributed by atoms with van der Waals surface area (Å²) < 4.78 is 0. The third-order valence-corrected chi connectivity index (χ3v) is 3.69. The Kier molecular flexibility index (Phi) is 4.76. The zero-order valence-electron chi connectivity index (χ0n) is 9.83. The number of nitrogens with zero attached hydrogens (tertiary/aromatic N) is 1. The molecule has 2 aromatic rings. The fraction of sp³-hybridized carbons (Fsp3) is 0.0769. The summed E-state index contributed by atoms with van der Waals surface area (Å²) in [7, 11) is 0. The number of benzene rings is 1. The highest BCUT2D eigenvalue weighted by Gasteiger charge is 2.14. The number of hydrogen-bond acceptors (Lipinski definition) is 2. The van der Waals surface area contributed by atoms with Gasteiger partial charge < -0.3 is 5.11 Å². The van der Waals surface area contributed by atoms with Gasteiger partial charge in [0.25, 0.3) is 0 Å². The lowest BCUT2D eigenvalue weighted by Crippen LogP contribution is -2.02. The van der Waals surface area contributed by atoms with Crippen molar-refractivity contribution in [1.29, 1.82) is 0 Å². The lowest BCUT2D eigenvalue weighted by molar-refractivity contribution is -0.136. The Morgan fingerprint density at radius 1 is 1.05 bits per heavy atom. The average molecular weight is 351 g/mol. The molecule has 0 spiro atoms. The van der Waals surface area contributed by atoms with Crippen LogP contribution >= 0.6 is 46.4 Å². The van der Waals surface area contributed by atoms with E-state index in [2.05, 4.69) is 4.98 Å². The maximum Gasteiger partial charge on any atom is 0.307 e. The highest BCUT2D eigenvalue weighted by atomic mass is 35.5. The Balaban J connectivity index is 2.56. The van der Waals surface area contributed by atoms with Gasteiger partial charge in [0, 0.05) is 16.8 Å². The van der Waals surface area contributed by atoms with Crippen LogP contribution in [0.2, 0.25) is 20.1 Å². The van der Waals surface area contributed by atoms with E-state index < -0.39 is 5.97 Å². The number of aromatic nitrogens is 1. The summed E-state index contributed by atoms with van der Waals surface area (Å²) in [5.74, 6) is -0.989. The van der Waals surface area contributed by atoms with Gasteiger partial charge >= 0.3 is 5.97 Å². The molecule has 0 fully saturated rings. The van der Waals surface area contributed by atoms with E-state index in [4.69, 9.17) is 51.5 Å². The number of pyridine rings is 1. The number of aliphatic carboxylic acids is 1. The molecule has 0 radical (unpaired) electrons. The van der Waals surface area contributed by atoms with E-state index in [-0.39, 0.29) is 11.4 Å². The minimum Gasteiger partial charge on any atom is -0.481 e. The van der Waals surface area contributed by atoms with Gasteiger partial charge in [-0.25, -0.2) is 0 Å². The quantitative estimate of drug-likeness (QED) is 0.848. The van der Waals surface area contributed by atoms with Crippen LogP contribution in [-0.4, -0.2) is 16.1 Å². The molecule has 1 aromatic carbocycles. The second-order valence-corrected chi connectivity index (χ2v) is 5.63. The van der Waals surface area contributed by atoms with Gasteiger partial charge in [0.1, 0.15) is 0 Å². The molecule has 7 heteroatoms. The summed E-state index contributed by atoms with van der Waals surface area (Å²) in [5, 5.41) is 10.2. The van der Waals surface area contributed by atoms with Crippen molar-refractivity contribution < 1.29 is 9.90 Å². The lowest BCUT2D eigenvalue weighted by atomic mass is 10.1. The van der Waals surface area contributed by atoms with Crippen molar-refractivity contribution in [2.24, 2.45) is 0 Å². The first-order valence-corrected chi connectivity index (χ1v) is 6.91. The predicted octanol–water partition coefficient (Wildman–Crippen LogP) is 4.99. The van der Waals surface area contributed by atoms with Crippen LogP contribution in [0, 0.1) is 0 Å². The Morgan fingerprint density at radius 3 is 2.20 bits per heavy atom. The lowest BCUT2D eigenvalue weighted by Gasteiger charge is -2.09. The second-order valence-electron chi connectivity index (χ2n) is 3.98. The van der Waals surface area contributed by atoms with Gasteiger partial charge in [0.15, 0.2) is 0 Å². The smallest absolute Gasteiger partial charge is 0.307 e. The molecule has 1 heterocycles. The van der Waals surface area contributed by atoms with Gasteiger partial charge in [0.2, 0.25) is 0 Å². The molecular formula is C13H7Cl4NO2. The molecule has 0 aliphatic rings. The van der Waals surface area contributed by atoms with Gasteiger partial charge in [-0.05, 0) is 23.8 Å². The molecule has 0 amide bonds. The largest absolute Gasteiger partial charge is 0.481 e.